The summed E-state index contributed by atoms with van der Waals surface area (Å²) in [7, 11) is -3.73. The van der Waals surface area contributed by atoms with Gasteiger partial charge in [-0.25, -0.2) is 0 Å². The Kier molecular flexibility index (Phi) is 6.36. The van der Waals surface area contributed by atoms with E-state index in [-0.39, 0.29) is 12.0 Å². The lowest BCUT2D eigenvalue weighted by Gasteiger charge is -2.24. The normalized spacial score (nSPS) is 17.9. The van der Waals surface area contributed by atoms with Gasteiger partial charge >= 0.3 is 7.37 Å². The summed E-state index contributed by atoms with van der Waals surface area (Å²) in [5, 5.41) is 9.75. The molecule has 0 aromatic rings. The highest BCUT2D eigenvalue weighted by atomic mass is 35.6. The molecule has 0 fully saturated rings. The van der Waals surface area contributed by atoms with Crippen LogP contribution in [0.15, 0.2) is 0 Å². The highest BCUT2D eigenvalue weighted by molar-refractivity contribution is 7.65. The minimum absolute atomic E-state index is 0.105. The first-order valence-corrected chi connectivity index (χ1v) is 7.78. The van der Waals surface area contributed by atoms with Gasteiger partial charge in [-0.1, -0.05) is 40.7 Å². The number of alkyl halides is 3. The van der Waals surface area contributed by atoms with Crippen LogP contribution in [0.1, 0.15) is 27.7 Å². The third-order valence-electron chi connectivity index (χ3n) is 1.52. The van der Waals surface area contributed by atoms with Crippen LogP contribution in [0.25, 0.3) is 0 Å². The maximum absolute atomic E-state index is 12.3. The molecule has 0 radical (unpaired) electrons. The summed E-state index contributed by atoms with van der Waals surface area (Å²) in [5.41, 5.74) is 2.03. The third kappa shape index (κ3) is 6.34. The zero-order valence-electron chi connectivity index (χ0n) is 10.1. The van der Waals surface area contributed by atoms with Gasteiger partial charge < -0.3 is 9.63 Å². The summed E-state index contributed by atoms with van der Waals surface area (Å²) in [5.74, 6) is 0.958. The molecule has 0 bridgehead atoms. The van der Waals surface area contributed by atoms with Gasteiger partial charge in [-0.3, -0.25) is 4.57 Å². The summed E-state index contributed by atoms with van der Waals surface area (Å²) in [6.07, 6.45) is 0. The number of aliphatic hydroxyl groups excluding tert-OH is 1. The number of aliphatic hydroxyl groups is 1. The van der Waals surface area contributed by atoms with E-state index in [2.05, 4.69) is 11.6 Å². The molecule has 0 saturated heterocycles. The van der Waals surface area contributed by atoms with Crippen LogP contribution in [-0.4, -0.2) is 21.4 Å². The molecule has 7 heteroatoms. The molecule has 0 amide bonds. The molecule has 1 N–H and O–H groups in total. The van der Waals surface area contributed by atoms with Gasteiger partial charge in [0, 0.05) is 5.41 Å². The minimum atomic E-state index is -3.73. The van der Waals surface area contributed by atoms with Crippen LogP contribution in [0.5, 0.6) is 0 Å². The monoisotopic (exact) mass is 320 g/mol. The van der Waals surface area contributed by atoms with Gasteiger partial charge in [0.15, 0.2) is 5.85 Å². The van der Waals surface area contributed by atoms with Gasteiger partial charge in [-0.2, -0.15) is 0 Å². The average Bonchev–Trinajstić information content (AvgIpc) is 2.12. The summed E-state index contributed by atoms with van der Waals surface area (Å²) in [6.45, 7) is 7.22. The van der Waals surface area contributed by atoms with Crippen molar-refractivity contribution in [3.8, 4) is 11.6 Å². The van der Waals surface area contributed by atoms with Crippen LogP contribution in [-0.2, 0) is 9.09 Å². The smallest absolute Gasteiger partial charge is 0.305 e. The predicted molar refractivity (Wildman–Crippen MR) is 72.8 cm³/mol. The van der Waals surface area contributed by atoms with Gasteiger partial charge in [0.25, 0.3) is 0 Å². The first kappa shape index (κ1) is 17.6. The summed E-state index contributed by atoms with van der Waals surface area (Å²) >= 11 is 16.5. The molecule has 0 aliphatic carbocycles. The van der Waals surface area contributed by atoms with Crippen molar-refractivity contribution >= 4 is 42.2 Å². The number of hydrogen-bond donors (Lipinski definition) is 1. The second-order valence-corrected chi connectivity index (χ2v) is 8.95. The van der Waals surface area contributed by atoms with Gasteiger partial charge in [0.2, 0.25) is 3.79 Å². The Labute approximate surface area is 117 Å². The van der Waals surface area contributed by atoms with Crippen LogP contribution in [0.4, 0.5) is 0 Å². The van der Waals surface area contributed by atoms with E-state index in [0.29, 0.717) is 0 Å². The van der Waals surface area contributed by atoms with Gasteiger partial charge in [0.1, 0.15) is 0 Å². The molecule has 0 aromatic carbocycles. The summed E-state index contributed by atoms with van der Waals surface area (Å²) in [4.78, 5) is 0. The average molecular weight is 322 g/mol. The number of halogens is 3. The molecule has 0 aliphatic heterocycles. The highest BCUT2D eigenvalue weighted by Crippen LogP contribution is 2.57. The fraction of sp³-hybridized carbons (Fsp3) is 0.800. The van der Waals surface area contributed by atoms with Crippen molar-refractivity contribution in [2.45, 2.75) is 37.3 Å². The van der Waals surface area contributed by atoms with Crippen molar-refractivity contribution in [2.24, 2.45) is 5.41 Å². The standard InChI is InChI=1S/C10H16Cl3O3P/c1-5-16-17(15,7-6-9(2,3)4)8(14)10(11,12)13/h8,14H,5H2,1-4H3/t8-,17-/m1/s1. The van der Waals surface area contributed by atoms with Crippen molar-refractivity contribution in [3.63, 3.8) is 0 Å². The molecular weight excluding hydrogens is 305 g/mol. The molecule has 0 saturated carbocycles. The van der Waals surface area contributed by atoms with Crippen molar-refractivity contribution in [2.75, 3.05) is 6.61 Å². The molecule has 100 valence electrons. The molecule has 0 unspecified atom stereocenters. The van der Waals surface area contributed by atoms with E-state index in [4.69, 9.17) is 39.3 Å². The lowest BCUT2D eigenvalue weighted by Crippen LogP contribution is -2.25. The molecule has 0 spiro atoms. The van der Waals surface area contributed by atoms with E-state index in [1.165, 1.54) is 0 Å². The van der Waals surface area contributed by atoms with E-state index in [0.717, 1.165) is 0 Å². The Morgan fingerprint density at radius 3 is 2.12 bits per heavy atom. The lowest BCUT2D eigenvalue weighted by molar-refractivity contribution is 0.218. The molecule has 0 heterocycles. The van der Waals surface area contributed by atoms with E-state index in [9.17, 15) is 9.67 Å². The molecule has 3 nitrogen and oxygen atoms in total. The SMILES string of the molecule is CCO[P@](=O)(C#CC(C)(C)C)[C@@H](O)C(Cl)(Cl)Cl. The summed E-state index contributed by atoms with van der Waals surface area (Å²) in [6, 6.07) is 0. The minimum Gasteiger partial charge on any atom is -0.378 e. The van der Waals surface area contributed by atoms with Gasteiger partial charge in [-0.05, 0) is 33.4 Å². The van der Waals surface area contributed by atoms with E-state index < -0.39 is 17.0 Å². The second kappa shape index (κ2) is 6.15. The third-order valence-corrected chi connectivity index (χ3v) is 4.70. The lowest BCUT2D eigenvalue weighted by atomic mass is 9.99. The molecule has 0 aromatic heterocycles. The van der Waals surface area contributed by atoms with E-state index in [1.54, 1.807) is 6.92 Å². The Morgan fingerprint density at radius 2 is 1.82 bits per heavy atom. The fourth-order valence-electron chi connectivity index (χ4n) is 0.794. The maximum Gasteiger partial charge on any atom is 0.305 e. The zero-order chi connectivity index (χ0) is 13.9. The van der Waals surface area contributed by atoms with Gasteiger partial charge in [0.05, 0.1) is 6.61 Å². The Bertz CT molecular complexity index is 360. The molecular formula is C10H16Cl3O3P. The van der Waals surface area contributed by atoms with Gasteiger partial charge in [-0.15, -0.1) is 0 Å². The maximum atomic E-state index is 12.3. The quantitative estimate of drug-likeness (QED) is 0.485. The number of rotatable bonds is 3. The van der Waals surface area contributed by atoms with Crippen molar-refractivity contribution in [1.82, 2.24) is 0 Å². The molecule has 0 rings (SSSR count). The zero-order valence-corrected chi connectivity index (χ0v) is 13.3. The Hall–Kier alpha value is 0.580. The molecule has 2 atom stereocenters. The first-order valence-electron chi connectivity index (χ1n) is 4.96. The van der Waals surface area contributed by atoms with Crippen LogP contribution in [0, 0.1) is 17.0 Å². The highest BCUT2D eigenvalue weighted by Gasteiger charge is 2.45. The predicted octanol–water partition coefficient (Wildman–Crippen LogP) is 4.00. The largest absolute Gasteiger partial charge is 0.378 e. The topological polar surface area (TPSA) is 46.5 Å². The number of hydrogen-bond acceptors (Lipinski definition) is 3. The molecule has 0 aliphatic rings. The van der Waals surface area contributed by atoms with E-state index >= 15 is 0 Å². The van der Waals surface area contributed by atoms with Crippen LogP contribution >= 0.6 is 42.2 Å². The first-order chi connectivity index (χ1) is 7.42. The van der Waals surface area contributed by atoms with Crippen LogP contribution in [0.2, 0.25) is 0 Å². The summed E-state index contributed by atoms with van der Waals surface area (Å²) < 4.78 is 15.2. The second-order valence-electron chi connectivity index (χ2n) is 4.42. The fourth-order valence-corrected chi connectivity index (χ4v) is 3.54. The van der Waals surface area contributed by atoms with E-state index in [1.807, 2.05) is 20.8 Å². The van der Waals surface area contributed by atoms with Crippen molar-refractivity contribution in [3.05, 3.63) is 0 Å². The Balaban J connectivity index is 5.31. The molecule has 17 heavy (non-hydrogen) atoms. The van der Waals surface area contributed by atoms with Crippen molar-refractivity contribution in [1.29, 1.82) is 0 Å². The van der Waals surface area contributed by atoms with Crippen LogP contribution in [0.3, 0.4) is 0 Å². The van der Waals surface area contributed by atoms with Crippen LogP contribution < -0.4 is 0 Å². The Morgan fingerprint density at radius 1 is 1.35 bits per heavy atom. The van der Waals surface area contributed by atoms with Crippen molar-refractivity contribution < 1.29 is 14.2 Å².